The van der Waals surface area contributed by atoms with Crippen LogP contribution in [-0.4, -0.2) is 43.7 Å². The molecule has 0 fully saturated rings. The Hall–Kier alpha value is -2.83. The Morgan fingerprint density at radius 2 is 1.52 bits per heavy atom. The number of ether oxygens (including phenoxy) is 3. The number of benzene rings is 1. The molecule has 0 aromatic heterocycles. The lowest BCUT2D eigenvalue weighted by Crippen LogP contribution is -2.61. The molecular formula is C18H23NO6. The molecule has 0 heterocycles. The van der Waals surface area contributed by atoms with Crippen molar-refractivity contribution in [1.29, 1.82) is 0 Å². The molecule has 7 nitrogen and oxygen atoms in total. The first-order chi connectivity index (χ1) is 11.8. The molecule has 1 amide bonds. The normalized spacial score (nSPS) is 10.6. The average Bonchev–Trinajstić information content (AvgIpc) is 2.59. The fourth-order valence-electron chi connectivity index (χ4n) is 2.26. The van der Waals surface area contributed by atoms with E-state index in [1.165, 1.54) is 14.0 Å². The maximum Gasteiger partial charge on any atom is 0.348 e. The van der Waals surface area contributed by atoms with Gasteiger partial charge in [0.1, 0.15) is 5.75 Å². The molecule has 0 radical (unpaired) electrons. The Balaban J connectivity index is 3.47. The predicted molar refractivity (Wildman–Crippen MR) is 91.8 cm³/mol. The van der Waals surface area contributed by atoms with Crippen LogP contribution in [0.5, 0.6) is 5.75 Å². The van der Waals surface area contributed by atoms with Crippen molar-refractivity contribution in [3.63, 3.8) is 0 Å². The zero-order chi connectivity index (χ0) is 19.0. The summed E-state index contributed by atoms with van der Waals surface area (Å²) in [6.45, 7) is 8.28. The average molecular weight is 349 g/mol. The van der Waals surface area contributed by atoms with Gasteiger partial charge in [0.05, 0.1) is 20.3 Å². The van der Waals surface area contributed by atoms with E-state index in [-0.39, 0.29) is 18.8 Å². The van der Waals surface area contributed by atoms with Crippen LogP contribution in [0.25, 0.3) is 5.57 Å². The van der Waals surface area contributed by atoms with Gasteiger partial charge in [0.2, 0.25) is 5.91 Å². The first-order valence-electron chi connectivity index (χ1n) is 7.80. The van der Waals surface area contributed by atoms with Crippen LogP contribution < -0.4 is 10.1 Å². The van der Waals surface area contributed by atoms with Crippen LogP contribution in [0.1, 0.15) is 26.3 Å². The smallest absolute Gasteiger partial charge is 0.348 e. The van der Waals surface area contributed by atoms with Crippen LogP contribution in [0, 0.1) is 0 Å². The van der Waals surface area contributed by atoms with E-state index in [0.717, 1.165) is 0 Å². The van der Waals surface area contributed by atoms with E-state index in [9.17, 15) is 14.4 Å². The number of carbonyl (C=O) groups excluding carboxylic acids is 3. The number of nitrogens with one attached hydrogen (secondary N) is 1. The zero-order valence-corrected chi connectivity index (χ0v) is 14.9. The molecular weight excluding hydrogens is 326 g/mol. The number of rotatable bonds is 8. The maximum absolute atomic E-state index is 12.6. The van der Waals surface area contributed by atoms with Gasteiger partial charge < -0.3 is 19.5 Å². The molecule has 1 rings (SSSR count). The van der Waals surface area contributed by atoms with E-state index >= 15 is 0 Å². The van der Waals surface area contributed by atoms with Crippen LogP contribution in [-0.2, 0) is 23.9 Å². The summed E-state index contributed by atoms with van der Waals surface area (Å²) < 4.78 is 15.1. The van der Waals surface area contributed by atoms with Crippen molar-refractivity contribution in [2.45, 2.75) is 26.3 Å². The van der Waals surface area contributed by atoms with Gasteiger partial charge in [0, 0.05) is 12.5 Å². The van der Waals surface area contributed by atoms with Crippen molar-refractivity contribution in [3.8, 4) is 5.75 Å². The molecule has 0 atom stereocenters. The Bertz CT molecular complexity index is 632. The largest absolute Gasteiger partial charge is 0.497 e. The molecule has 0 spiro atoms. The van der Waals surface area contributed by atoms with Crippen molar-refractivity contribution >= 4 is 23.4 Å². The first kappa shape index (κ1) is 20.2. The third-order valence-electron chi connectivity index (χ3n) is 3.42. The number of hydrogen-bond acceptors (Lipinski definition) is 6. The summed E-state index contributed by atoms with van der Waals surface area (Å²) >= 11 is 0. The van der Waals surface area contributed by atoms with Crippen molar-refractivity contribution < 1.29 is 28.6 Å². The Morgan fingerprint density at radius 1 is 1.04 bits per heavy atom. The molecule has 1 N–H and O–H groups in total. The van der Waals surface area contributed by atoms with Crippen molar-refractivity contribution in [2.24, 2.45) is 0 Å². The summed E-state index contributed by atoms with van der Waals surface area (Å²) in [4.78, 5) is 37.0. The molecule has 0 saturated heterocycles. The fraction of sp³-hybridized carbons (Fsp3) is 0.389. The second-order valence-corrected chi connectivity index (χ2v) is 5.08. The summed E-state index contributed by atoms with van der Waals surface area (Å²) in [7, 11) is 1.52. The third-order valence-corrected chi connectivity index (χ3v) is 3.42. The number of amides is 1. The molecule has 0 aliphatic rings. The van der Waals surface area contributed by atoms with Crippen molar-refractivity contribution in [3.05, 3.63) is 36.4 Å². The van der Waals surface area contributed by atoms with Gasteiger partial charge >= 0.3 is 11.9 Å². The van der Waals surface area contributed by atoms with Crippen LogP contribution in [0.4, 0.5) is 0 Å². The topological polar surface area (TPSA) is 90.9 Å². The Kier molecular flexibility index (Phi) is 7.17. The highest BCUT2D eigenvalue weighted by molar-refractivity contribution is 6.19. The minimum atomic E-state index is -2.16. The van der Waals surface area contributed by atoms with E-state index < -0.39 is 23.4 Å². The van der Waals surface area contributed by atoms with Gasteiger partial charge in [0.25, 0.3) is 5.54 Å². The summed E-state index contributed by atoms with van der Waals surface area (Å²) in [5.74, 6) is -1.92. The van der Waals surface area contributed by atoms with Gasteiger partial charge in [-0.25, -0.2) is 9.59 Å². The Morgan fingerprint density at radius 3 is 1.88 bits per heavy atom. The molecule has 0 unspecified atom stereocenters. The highest BCUT2D eigenvalue weighted by Gasteiger charge is 2.53. The predicted octanol–water partition coefficient (Wildman–Crippen LogP) is 1.71. The monoisotopic (exact) mass is 349 g/mol. The number of methoxy groups -OCH3 is 1. The lowest BCUT2D eigenvalue weighted by molar-refractivity contribution is -0.163. The second kappa shape index (κ2) is 8.86. The third kappa shape index (κ3) is 4.37. The lowest BCUT2D eigenvalue weighted by Gasteiger charge is -2.31. The number of esters is 2. The molecule has 136 valence electrons. The molecule has 0 aliphatic carbocycles. The van der Waals surface area contributed by atoms with Crippen LogP contribution in [0.15, 0.2) is 30.8 Å². The molecule has 1 aromatic carbocycles. The van der Waals surface area contributed by atoms with Crippen molar-refractivity contribution in [1.82, 2.24) is 5.32 Å². The number of carbonyl (C=O) groups is 3. The quantitative estimate of drug-likeness (QED) is 0.567. The SMILES string of the molecule is C=C(c1ccc(OC)cc1)C(NC(C)=O)(C(=O)OCC)C(=O)OCC. The maximum atomic E-state index is 12.6. The lowest BCUT2D eigenvalue weighted by atomic mass is 9.85. The summed E-state index contributed by atoms with van der Waals surface area (Å²) in [5.41, 5.74) is -1.66. The van der Waals surface area contributed by atoms with Gasteiger partial charge in [-0.3, -0.25) is 4.79 Å². The van der Waals surface area contributed by atoms with Gasteiger partial charge in [0.15, 0.2) is 0 Å². The summed E-state index contributed by atoms with van der Waals surface area (Å²) in [5, 5.41) is 2.37. The first-order valence-corrected chi connectivity index (χ1v) is 7.80. The highest BCUT2D eigenvalue weighted by atomic mass is 16.6. The van der Waals surface area contributed by atoms with Crippen LogP contribution in [0.2, 0.25) is 0 Å². The molecule has 25 heavy (non-hydrogen) atoms. The van der Waals surface area contributed by atoms with E-state index in [1.807, 2.05) is 0 Å². The van der Waals surface area contributed by atoms with Crippen molar-refractivity contribution in [2.75, 3.05) is 20.3 Å². The summed E-state index contributed by atoms with van der Waals surface area (Å²) in [6.07, 6.45) is 0. The van der Waals surface area contributed by atoms with E-state index in [0.29, 0.717) is 11.3 Å². The van der Waals surface area contributed by atoms with Gasteiger partial charge in [-0.15, -0.1) is 0 Å². The molecule has 0 bridgehead atoms. The van der Waals surface area contributed by atoms with E-state index in [2.05, 4.69) is 11.9 Å². The standard InChI is InChI=1S/C18H23NO6/c1-6-24-16(21)18(19-13(4)20,17(22)25-7-2)12(3)14-8-10-15(23-5)11-9-14/h8-11H,3,6-7H2,1-2,4-5H3,(H,19,20). The fourth-order valence-corrected chi connectivity index (χ4v) is 2.26. The van der Waals surface area contributed by atoms with E-state index in [4.69, 9.17) is 14.2 Å². The van der Waals surface area contributed by atoms with Gasteiger partial charge in [-0.1, -0.05) is 18.7 Å². The minimum Gasteiger partial charge on any atom is -0.497 e. The molecule has 0 saturated carbocycles. The zero-order valence-electron chi connectivity index (χ0n) is 14.9. The minimum absolute atomic E-state index is 0.0233. The van der Waals surface area contributed by atoms with E-state index in [1.54, 1.807) is 38.1 Å². The van der Waals surface area contributed by atoms with Gasteiger partial charge in [-0.2, -0.15) is 0 Å². The molecule has 7 heteroatoms. The highest BCUT2D eigenvalue weighted by Crippen LogP contribution is 2.30. The number of hydrogen-bond donors (Lipinski definition) is 1. The van der Waals surface area contributed by atoms with Gasteiger partial charge in [-0.05, 0) is 31.5 Å². The van der Waals surface area contributed by atoms with Crippen LogP contribution in [0.3, 0.4) is 0 Å². The Labute approximate surface area is 146 Å². The van der Waals surface area contributed by atoms with Crippen LogP contribution >= 0.6 is 0 Å². The summed E-state index contributed by atoms with van der Waals surface area (Å²) in [6, 6.07) is 6.54. The second-order valence-electron chi connectivity index (χ2n) is 5.08. The molecule has 1 aromatic rings. The molecule has 0 aliphatic heterocycles.